The minimum atomic E-state index is -4.34. The van der Waals surface area contributed by atoms with E-state index >= 15 is 0 Å². The van der Waals surface area contributed by atoms with Crippen molar-refractivity contribution in [3.63, 3.8) is 0 Å². The fourth-order valence-electron chi connectivity index (χ4n) is 2.37. The third-order valence-corrected chi connectivity index (χ3v) is 4.46. The predicted octanol–water partition coefficient (Wildman–Crippen LogP) is 3.24. The molecule has 0 bridgehead atoms. The van der Waals surface area contributed by atoms with Crippen LogP contribution in [0.2, 0.25) is 0 Å². The number of aryl methyl sites for hydroxylation is 1. The molecule has 9 heteroatoms. The van der Waals surface area contributed by atoms with Crippen molar-refractivity contribution in [2.45, 2.75) is 31.9 Å². The quantitative estimate of drug-likeness (QED) is 0.851. The van der Waals surface area contributed by atoms with Crippen molar-refractivity contribution < 1.29 is 17.6 Å². The summed E-state index contributed by atoms with van der Waals surface area (Å²) in [5.41, 5.74) is 0. The van der Waals surface area contributed by atoms with Crippen LogP contribution in [-0.2, 0) is 6.18 Å². The monoisotopic (exact) mass is 318 g/mol. The lowest BCUT2D eigenvalue weighted by atomic mass is 9.98. The molecule has 0 aliphatic carbocycles. The summed E-state index contributed by atoms with van der Waals surface area (Å²) in [6, 6.07) is 0. The summed E-state index contributed by atoms with van der Waals surface area (Å²) < 4.78 is 43.3. The number of aromatic nitrogens is 3. The molecule has 3 heterocycles. The first-order chi connectivity index (χ1) is 9.93. The molecular weight excluding hydrogens is 305 g/mol. The molecule has 21 heavy (non-hydrogen) atoms. The molecule has 1 fully saturated rings. The van der Waals surface area contributed by atoms with Crippen LogP contribution in [0, 0.1) is 6.92 Å². The molecule has 2 aromatic heterocycles. The number of hydrogen-bond donors (Lipinski definition) is 0. The van der Waals surface area contributed by atoms with E-state index in [1.165, 1.54) is 0 Å². The Hall–Kier alpha value is -1.64. The summed E-state index contributed by atoms with van der Waals surface area (Å²) >= 11 is 0.672. The Labute approximate surface area is 122 Å². The normalized spacial score (nSPS) is 20.0. The van der Waals surface area contributed by atoms with Gasteiger partial charge >= 0.3 is 6.18 Å². The fourth-order valence-corrected chi connectivity index (χ4v) is 3.19. The van der Waals surface area contributed by atoms with E-state index in [2.05, 4.69) is 15.2 Å². The highest BCUT2D eigenvalue weighted by molar-refractivity contribution is 7.15. The molecule has 0 saturated carbocycles. The second-order valence-electron chi connectivity index (χ2n) is 4.95. The Morgan fingerprint density at radius 2 is 2.19 bits per heavy atom. The van der Waals surface area contributed by atoms with Crippen molar-refractivity contribution in [1.29, 1.82) is 0 Å². The van der Waals surface area contributed by atoms with Crippen LogP contribution in [0.5, 0.6) is 0 Å². The van der Waals surface area contributed by atoms with Gasteiger partial charge in [-0.3, -0.25) is 0 Å². The average molecular weight is 318 g/mol. The van der Waals surface area contributed by atoms with Gasteiger partial charge in [-0.15, -0.1) is 10.2 Å². The molecule has 0 spiro atoms. The smallest absolute Gasteiger partial charge is 0.425 e. The Bertz CT molecular complexity index is 624. The van der Waals surface area contributed by atoms with Crippen molar-refractivity contribution in [3.8, 4) is 0 Å². The van der Waals surface area contributed by atoms with E-state index in [0.29, 0.717) is 41.3 Å². The third kappa shape index (κ3) is 3.02. The van der Waals surface area contributed by atoms with Crippen molar-refractivity contribution in [3.05, 3.63) is 22.9 Å². The second-order valence-corrected chi connectivity index (χ2v) is 5.96. The Balaban J connectivity index is 1.75. The lowest BCUT2D eigenvalue weighted by Crippen LogP contribution is -2.34. The zero-order chi connectivity index (χ0) is 15.0. The van der Waals surface area contributed by atoms with Gasteiger partial charge in [-0.25, -0.2) is 4.98 Å². The average Bonchev–Trinajstić information content (AvgIpc) is 3.07. The van der Waals surface area contributed by atoms with E-state index in [9.17, 15) is 13.2 Å². The Morgan fingerprint density at radius 1 is 1.38 bits per heavy atom. The highest BCUT2D eigenvalue weighted by Gasteiger charge is 2.35. The molecule has 0 radical (unpaired) electrons. The number of nitrogens with zero attached hydrogens (tertiary/aromatic N) is 4. The van der Waals surface area contributed by atoms with Gasteiger partial charge in [0.05, 0.1) is 12.1 Å². The van der Waals surface area contributed by atoms with Gasteiger partial charge in [-0.2, -0.15) is 13.2 Å². The molecule has 1 aliphatic heterocycles. The van der Waals surface area contributed by atoms with E-state index < -0.39 is 11.1 Å². The lowest BCUT2D eigenvalue weighted by molar-refractivity contribution is -0.134. The van der Waals surface area contributed by atoms with Crippen molar-refractivity contribution in [2.75, 3.05) is 18.0 Å². The first kappa shape index (κ1) is 14.3. The van der Waals surface area contributed by atoms with Gasteiger partial charge in [-0.1, -0.05) is 11.3 Å². The minimum Gasteiger partial charge on any atom is -0.425 e. The molecule has 0 aromatic carbocycles. The van der Waals surface area contributed by atoms with Crippen molar-refractivity contribution in [1.82, 2.24) is 15.2 Å². The van der Waals surface area contributed by atoms with E-state index in [1.54, 1.807) is 6.92 Å². The molecule has 1 atom stereocenters. The molecule has 1 aliphatic rings. The van der Waals surface area contributed by atoms with Crippen LogP contribution < -0.4 is 4.90 Å². The summed E-state index contributed by atoms with van der Waals surface area (Å²) in [4.78, 5) is 5.08. The Kier molecular flexibility index (Phi) is 3.60. The van der Waals surface area contributed by atoms with E-state index in [4.69, 9.17) is 4.42 Å². The number of rotatable bonds is 2. The minimum absolute atomic E-state index is 0.0400. The number of hydrogen-bond acceptors (Lipinski definition) is 6. The molecule has 0 N–H and O–H groups in total. The van der Waals surface area contributed by atoms with Crippen LogP contribution in [0.25, 0.3) is 0 Å². The first-order valence-corrected chi connectivity index (χ1v) is 7.33. The largest absolute Gasteiger partial charge is 0.427 e. The summed E-state index contributed by atoms with van der Waals surface area (Å²) in [6.07, 6.45) is -1.71. The van der Waals surface area contributed by atoms with E-state index in [-0.39, 0.29) is 5.92 Å². The van der Waals surface area contributed by atoms with Crippen LogP contribution in [0.1, 0.15) is 35.4 Å². The highest BCUT2D eigenvalue weighted by atomic mass is 32.1. The van der Waals surface area contributed by atoms with Gasteiger partial charge in [0.25, 0.3) is 0 Å². The van der Waals surface area contributed by atoms with E-state index in [1.807, 2.05) is 4.90 Å². The Morgan fingerprint density at radius 3 is 2.81 bits per heavy atom. The van der Waals surface area contributed by atoms with Crippen LogP contribution in [-0.4, -0.2) is 28.3 Å². The van der Waals surface area contributed by atoms with Gasteiger partial charge in [0, 0.05) is 20.0 Å². The molecule has 3 rings (SSSR count). The molecule has 114 valence electrons. The number of thiazole rings is 1. The van der Waals surface area contributed by atoms with Crippen LogP contribution in [0.15, 0.2) is 10.6 Å². The number of alkyl halides is 3. The summed E-state index contributed by atoms with van der Waals surface area (Å²) in [7, 11) is 0. The standard InChI is InChI=1S/C12H13F3N4OS/c1-7-17-18-10(20-7)8-3-2-4-19(6-8)11-16-5-9(21-11)12(13,14)15/h5,8H,2-4,6H2,1H3. The molecule has 5 nitrogen and oxygen atoms in total. The molecule has 1 saturated heterocycles. The van der Waals surface area contributed by atoms with Gasteiger partial charge in [0.1, 0.15) is 4.88 Å². The van der Waals surface area contributed by atoms with Crippen molar-refractivity contribution in [2.24, 2.45) is 0 Å². The number of halogens is 3. The maximum atomic E-state index is 12.6. The summed E-state index contributed by atoms with van der Waals surface area (Å²) in [6.45, 7) is 2.95. The molecule has 0 amide bonds. The van der Waals surface area contributed by atoms with Gasteiger partial charge in [0.15, 0.2) is 5.13 Å². The predicted molar refractivity (Wildman–Crippen MR) is 70.3 cm³/mol. The number of anilines is 1. The van der Waals surface area contributed by atoms with Gasteiger partial charge in [-0.05, 0) is 12.8 Å². The zero-order valence-electron chi connectivity index (χ0n) is 11.2. The van der Waals surface area contributed by atoms with E-state index in [0.717, 1.165) is 19.0 Å². The lowest BCUT2D eigenvalue weighted by Gasteiger charge is -2.30. The maximum absolute atomic E-state index is 12.6. The van der Waals surface area contributed by atoms with Crippen LogP contribution in [0.3, 0.4) is 0 Å². The number of piperidine rings is 1. The van der Waals surface area contributed by atoms with Crippen molar-refractivity contribution >= 4 is 16.5 Å². The zero-order valence-corrected chi connectivity index (χ0v) is 12.0. The second kappa shape index (κ2) is 5.28. The van der Waals surface area contributed by atoms with Crippen LogP contribution in [0.4, 0.5) is 18.3 Å². The van der Waals surface area contributed by atoms with Gasteiger partial charge < -0.3 is 9.32 Å². The molecule has 2 aromatic rings. The SMILES string of the molecule is Cc1nnc(C2CCCN(c3ncc(C(F)(F)F)s3)C2)o1. The maximum Gasteiger partial charge on any atom is 0.427 e. The topological polar surface area (TPSA) is 55.1 Å². The molecule has 1 unspecified atom stereocenters. The summed E-state index contributed by atoms with van der Waals surface area (Å²) in [5.74, 6) is 1.08. The van der Waals surface area contributed by atoms with Gasteiger partial charge in [0.2, 0.25) is 11.8 Å². The fraction of sp³-hybridized carbons (Fsp3) is 0.583. The third-order valence-electron chi connectivity index (χ3n) is 3.36. The highest BCUT2D eigenvalue weighted by Crippen LogP contribution is 2.38. The summed E-state index contributed by atoms with van der Waals surface area (Å²) in [5, 5.41) is 8.19. The molecular formula is C12H13F3N4OS. The first-order valence-electron chi connectivity index (χ1n) is 6.51. The van der Waals surface area contributed by atoms with Crippen LogP contribution >= 0.6 is 11.3 Å².